The van der Waals surface area contributed by atoms with Gasteiger partial charge in [-0.2, -0.15) is 0 Å². The molecule has 0 rings (SSSR count). The zero-order chi connectivity index (χ0) is 18.8. The van der Waals surface area contributed by atoms with Gasteiger partial charge in [0.15, 0.2) is 0 Å². The molecule has 0 aromatic rings. The molecule has 2 N–H and O–H groups in total. The van der Waals surface area contributed by atoms with E-state index >= 15 is 0 Å². The van der Waals surface area contributed by atoms with Crippen LogP contribution in [0.4, 0.5) is 0 Å². The van der Waals surface area contributed by atoms with E-state index in [9.17, 15) is 5.11 Å². The summed E-state index contributed by atoms with van der Waals surface area (Å²) in [6, 6.07) is 0. The van der Waals surface area contributed by atoms with Crippen molar-refractivity contribution in [2.24, 2.45) is 5.92 Å². The molecule has 3 nitrogen and oxygen atoms in total. The van der Waals surface area contributed by atoms with Crippen LogP contribution in [-0.2, 0) is 4.74 Å². The van der Waals surface area contributed by atoms with E-state index in [4.69, 9.17) is 9.84 Å². The van der Waals surface area contributed by atoms with Crippen LogP contribution < -0.4 is 0 Å². The zero-order valence-electron chi connectivity index (χ0n) is 17.3. The Morgan fingerprint density at radius 2 is 1.24 bits per heavy atom. The lowest BCUT2D eigenvalue weighted by molar-refractivity contribution is -0.0437. The summed E-state index contributed by atoms with van der Waals surface area (Å²) >= 11 is 0. The summed E-state index contributed by atoms with van der Waals surface area (Å²) in [6.07, 6.45) is 17.9. The van der Waals surface area contributed by atoms with E-state index in [1.165, 1.54) is 77.0 Å². The molecule has 0 saturated heterocycles. The molecule has 0 fully saturated rings. The number of aliphatic hydroxyl groups excluding tert-OH is 2. The molecular weight excluding hydrogens is 312 g/mol. The van der Waals surface area contributed by atoms with Crippen LogP contribution in [0.25, 0.3) is 0 Å². The van der Waals surface area contributed by atoms with Crippen LogP contribution in [0.1, 0.15) is 111 Å². The Bertz CT molecular complexity index is 258. The van der Waals surface area contributed by atoms with Crippen molar-refractivity contribution in [3.63, 3.8) is 0 Å². The quantitative estimate of drug-likeness (QED) is 0.284. The van der Waals surface area contributed by atoms with Crippen LogP contribution in [0.5, 0.6) is 0 Å². The second-order valence-electron chi connectivity index (χ2n) is 7.74. The standard InChI is InChI=1S/C22H46O3/c1-4-6-7-8-9-10-11-12-13-14-15-16-17-21(5-2)22(24)19-25-20(3)18-23/h20-24H,4-19H2,1-3H3. The minimum atomic E-state index is -0.397. The summed E-state index contributed by atoms with van der Waals surface area (Å²) in [5.74, 6) is 0.328. The Labute approximate surface area is 157 Å². The molecule has 152 valence electrons. The fourth-order valence-corrected chi connectivity index (χ4v) is 3.37. The molecule has 3 unspecified atom stereocenters. The van der Waals surface area contributed by atoms with Gasteiger partial charge in [-0.3, -0.25) is 0 Å². The zero-order valence-corrected chi connectivity index (χ0v) is 17.3. The summed E-state index contributed by atoms with van der Waals surface area (Å²) in [7, 11) is 0. The van der Waals surface area contributed by atoms with E-state index < -0.39 is 6.10 Å². The van der Waals surface area contributed by atoms with Gasteiger partial charge in [0.25, 0.3) is 0 Å². The highest BCUT2D eigenvalue weighted by Crippen LogP contribution is 2.19. The van der Waals surface area contributed by atoms with Crippen molar-refractivity contribution in [1.82, 2.24) is 0 Å². The van der Waals surface area contributed by atoms with Gasteiger partial charge in [0, 0.05) is 0 Å². The van der Waals surface area contributed by atoms with Gasteiger partial charge in [-0.05, 0) is 19.3 Å². The Balaban J connectivity index is 3.46. The highest BCUT2D eigenvalue weighted by molar-refractivity contribution is 4.68. The molecule has 0 aliphatic carbocycles. The van der Waals surface area contributed by atoms with Crippen molar-refractivity contribution in [2.75, 3.05) is 13.2 Å². The van der Waals surface area contributed by atoms with Crippen LogP contribution in [0, 0.1) is 5.92 Å². The van der Waals surface area contributed by atoms with Crippen molar-refractivity contribution in [3.8, 4) is 0 Å². The third-order valence-corrected chi connectivity index (χ3v) is 5.31. The molecule has 25 heavy (non-hydrogen) atoms. The Hall–Kier alpha value is -0.120. The van der Waals surface area contributed by atoms with Gasteiger partial charge >= 0.3 is 0 Å². The number of hydrogen-bond acceptors (Lipinski definition) is 3. The molecule has 3 atom stereocenters. The van der Waals surface area contributed by atoms with Crippen molar-refractivity contribution < 1.29 is 14.9 Å². The maximum absolute atomic E-state index is 10.2. The fraction of sp³-hybridized carbons (Fsp3) is 1.00. The number of rotatable bonds is 19. The molecule has 0 aromatic heterocycles. The van der Waals surface area contributed by atoms with Crippen LogP contribution in [-0.4, -0.2) is 35.6 Å². The van der Waals surface area contributed by atoms with E-state index in [0.29, 0.717) is 12.5 Å². The van der Waals surface area contributed by atoms with Crippen LogP contribution in [0.15, 0.2) is 0 Å². The molecule has 0 heterocycles. The summed E-state index contributed by atoms with van der Waals surface area (Å²) in [4.78, 5) is 0. The van der Waals surface area contributed by atoms with E-state index in [-0.39, 0.29) is 12.7 Å². The lowest BCUT2D eigenvalue weighted by Gasteiger charge is -2.23. The van der Waals surface area contributed by atoms with Crippen LogP contribution in [0.3, 0.4) is 0 Å². The average molecular weight is 359 g/mol. The van der Waals surface area contributed by atoms with Gasteiger partial charge in [0.2, 0.25) is 0 Å². The monoisotopic (exact) mass is 358 g/mol. The molecule has 3 heteroatoms. The lowest BCUT2D eigenvalue weighted by Crippen LogP contribution is -2.28. The molecule has 0 aliphatic heterocycles. The van der Waals surface area contributed by atoms with Crippen molar-refractivity contribution in [2.45, 2.75) is 123 Å². The molecule has 0 radical (unpaired) electrons. The second kappa shape index (κ2) is 18.7. The molecule has 0 spiro atoms. The predicted molar refractivity (Wildman–Crippen MR) is 108 cm³/mol. The van der Waals surface area contributed by atoms with Crippen LogP contribution >= 0.6 is 0 Å². The number of aliphatic hydroxyl groups is 2. The van der Waals surface area contributed by atoms with E-state index in [0.717, 1.165) is 12.8 Å². The van der Waals surface area contributed by atoms with Gasteiger partial charge in [-0.25, -0.2) is 0 Å². The average Bonchev–Trinajstić information content (AvgIpc) is 2.63. The van der Waals surface area contributed by atoms with Gasteiger partial charge in [0.05, 0.1) is 25.4 Å². The topological polar surface area (TPSA) is 49.7 Å². The highest BCUT2D eigenvalue weighted by Gasteiger charge is 2.18. The SMILES string of the molecule is CCCCCCCCCCCCCCC(CC)C(O)COC(C)CO. The Kier molecular flexibility index (Phi) is 18.6. The van der Waals surface area contributed by atoms with Gasteiger partial charge in [0.1, 0.15) is 0 Å². The normalized spacial score (nSPS) is 15.2. The van der Waals surface area contributed by atoms with Gasteiger partial charge in [-0.15, -0.1) is 0 Å². The maximum Gasteiger partial charge on any atom is 0.0801 e. The van der Waals surface area contributed by atoms with Crippen molar-refractivity contribution >= 4 is 0 Å². The van der Waals surface area contributed by atoms with Crippen molar-refractivity contribution in [1.29, 1.82) is 0 Å². The summed E-state index contributed by atoms with van der Waals surface area (Å²) in [5.41, 5.74) is 0. The van der Waals surface area contributed by atoms with Crippen molar-refractivity contribution in [3.05, 3.63) is 0 Å². The minimum absolute atomic E-state index is 0.0161. The maximum atomic E-state index is 10.2. The predicted octanol–water partition coefficient (Wildman–Crippen LogP) is 5.86. The Morgan fingerprint density at radius 1 is 0.760 bits per heavy atom. The minimum Gasteiger partial charge on any atom is -0.394 e. The third-order valence-electron chi connectivity index (χ3n) is 5.31. The molecule has 0 aromatic carbocycles. The van der Waals surface area contributed by atoms with E-state index in [1.807, 2.05) is 6.92 Å². The number of hydrogen-bond donors (Lipinski definition) is 2. The van der Waals surface area contributed by atoms with Crippen LogP contribution in [0.2, 0.25) is 0 Å². The second-order valence-corrected chi connectivity index (χ2v) is 7.74. The summed E-state index contributed by atoms with van der Waals surface area (Å²) < 4.78 is 5.45. The van der Waals surface area contributed by atoms with E-state index in [1.54, 1.807) is 0 Å². The first-order valence-corrected chi connectivity index (χ1v) is 11.1. The third kappa shape index (κ3) is 15.8. The highest BCUT2D eigenvalue weighted by atomic mass is 16.5. The lowest BCUT2D eigenvalue weighted by atomic mass is 9.93. The Morgan fingerprint density at radius 3 is 1.68 bits per heavy atom. The fourth-order valence-electron chi connectivity index (χ4n) is 3.37. The first kappa shape index (κ1) is 24.9. The summed E-state index contributed by atoms with van der Waals surface area (Å²) in [6.45, 7) is 6.61. The smallest absolute Gasteiger partial charge is 0.0801 e. The molecule has 0 saturated carbocycles. The first-order chi connectivity index (χ1) is 12.2. The molecule has 0 aliphatic rings. The molecular formula is C22H46O3. The largest absolute Gasteiger partial charge is 0.394 e. The number of ether oxygens (including phenoxy) is 1. The van der Waals surface area contributed by atoms with Gasteiger partial charge in [-0.1, -0.05) is 97.3 Å². The molecule has 0 bridgehead atoms. The summed E-state index contributed by atoms with van der Waals surface area (Å²) in [5, 5.41) is 19.2. The van der Waals surface area contributed by atoms with Gasteiger partial charge < -0.3 is 14.9 Å². The number of unbranched alkanes of at least 4 members (excludes halogenated alkanes) is 11. The molecule has 0 amide bonds. The first-order valence-electron chi connectivity index (χ1n) is 11.1. The van der Waals surface area contributed by atoms with E-state index in [2.05, 4.69) is 13.8 Å².